The Kier molecular flexibility index (Phi) is 7.05. The monoisotopic (exact) mass is 523 g/mol. The third-order valence-electron chi connectivity index (χ3n) is 9.59. The Balaban J connectivity index is 2.03. The van der Waals surface area contributed by atoms with Crippen LogP contribution < -0.4 is 0 Å². The minimum Gasteiger partial charge on any atom is -0.442 e. The van der Waals surface area contributed by atoms with Crippen LogP contribution in [0.25, 0.3) is 5.57 Å². The van der Waals surface area contributed by atoms with Gasteiger partial charge in [-0.2, -0.15) is 0 Å². The number of carbonyl (C=O) groups is 1. The first-order valence-electron chi connectivity index (χ1n) is 14.4. The van der Waals surface area contributed by atoms with Crippen molar-refractivity contribution >= 4 is 22.4 Å². The zero-order valence-electron chi connectivity index (χ0n) is 25.2. The van der Waals surface area contributed by atoms with Gasteiger partial charge in [0.25, 0.3) is 0 Å². The number of rotatable bonds is 5. The van der Waals surface area contributed by atoms with Gasteiger partial charge in [-0.3, -0.25) is 0 Å². The van der Waals surface area contributed by atoms with Crippen LogP contribution in [0, 0.1) is 0 Å². The van der Waals surface area contributed by atoms with E-state index in [9.17, 15) is 4.79 Å². The van der Waals surface area contributed by atoms with Crippen molar-refractivity contribution in [3.05, 3.63) is 50.8 Å². The molecule has 204 valence electrons. The largest absolute Gasteiger partial charge is 0.442 e. The molecule has 1 atom stereocenters. The van der Waals surface area contributed by atoms with Crippen LogP contribution in [-0.2, 0) is 37.1 Å². The Hall–Kier alpha value is -1.68. The summed E-state index contributed by atoms with van der Waals surface area (Å²) in [6.07, 6.45) is 8.80. The first-order valence-corrected chi connectivity index (χ1v) is 15.7. The van der Waals surface area contributed by atoms with Crippen LogP contribution in [-0.4, -0.2) is 11.7 Å². The van der Waals surface area contributed by atoms with E-state index in [1.165, 1.54) is 49.7 Å². The number of carbonyl (C=O) groups excluding carboxylic acids is 1. The number of amides is 1. The van der Waals surface area contributed by atoms with E-state index in [1.54, 1.807) is 22.3 Å². The van der Waals surface area contributed by atoms with Crippen molar-refractivity contribution < 1.29 is 9.53 Å². The summed E-state index contributed by atoms with van der Waals surface area (Å²) >= 11 is 0. The van der Waals surface area contributed by atoms with Crippen molar-refractivity contribution in [1.29, 1.82) is 0 Å². The predicted molar refractivity (Wildman–Crippen MR) is 159 cm³/mol. The second-order valence-electron chi connectivity index (χ2n) is 14.0. The maximum absolute atomic E-state index is 12.5. The highest BCUT2D eigenvalue weighted by atomic mass is 32.2. The summed E-state index contributed by atoms with van der Waals surface area (Å²) < 4.78 is 9.93. The zero-order chi connectivity index (χ0) is 27.6. The van der Waals surface area contributed by atoms with Gasteiger partial charge in [0.15, 0.2) is 0 Å². The minimum absolute atomic E-state index is 0.0870. The number of allylic oxidation sites excluding steroid dienone is 2. The standard InChI is InChI=1S/C33H49NO2S/c1-12-32(13-2)20-30(8,9)26-23(32)18-24-27(31(10,11)21-33(24,14-3)15-4)25(26)22-16-17-37(19-22)34-28(35)36-29(5,6)7/h16-19H,12-15,20-21H2,1-11H3. The van der Waals surface area contributed by atoms with Gasteiger partial charge < -0.3 is 4.74 Å². The summed E-state index contributed by atoms with van der Waals surface area (Å²) in [5.74, 6) is 0. The molecule has 1 heterocycles. The van der Waals surface area contributed by atoms with E-state index in [1.807, 2.05) is 20.8 Å². The highest BCUT2D eigenvalue weighted by Gasteiger charge is 2.53. The Morgan fingerprint density at radius 3 is 1.76 bits per heavy atom. The fraction of sp³-hybridized carbons (Fsp3) is 0.667. The Bertz CT molecular complexity index is 1140. The van der Waals surface area contributed by atoms with E-state index in [2.05, 4.69) is 82.7 Å². The number of benzene rings is 1. The van der Waals surface area contributed by atoms with Crippen molar-refractivity contribution in [3.8, 4) is 0 Å². The molecular weight excluding hydrogens is 474 g/mol. The van der Waals surface area contributed by atoms with Crippen molar-refractivity contribution in [2.75, 3.05) is 0 Å². The first kappa shape index (κ1) is 28.3. The molecule has 0 fully saturated rings. The van der Waals surface area contributed by atoms with Crippen molar-refractivity contribution in [1.82, 2.24) is 0 Å². The van der Waals surface area contributed by atoms with E-state index in [0.29, 0.717) is 0 Å². The molecule has 37 heavy (non-hydrogen) atoms. The Morgan fingerprint density at radius 1 is 0.892 bits per heavy atom. The SMILES string of the molecule is CCC1(CC)CC(C)(C)c2c1cc1c(c2C2=C/S(=N\C(=O)OC(C)(C)C)C=C2)C(C)(C)CC1(CC)CC. The molecule has 3 nitrogen and oxygen atoms in total. The Labute approximate surface area is 228 Å². The first-order chi connectivity index (χ1) is 17.1. The molecule has 4 rings (SSSR count). The summed E-state index contributed by atoms with van der Waals surface area (Å²) in [6.45, 7) is 25.0. The molecule has 1 unspecified atom stereocenters. The van der Waals surface area contributed by atoms with E-state index >= 15 is 0 Å². The van der Waals surface area contributed by atoms with Gasteiger partial charge in [-0.1, -0.05) is 61.5 Å². The van der Waals surface area contributed by atoms with Gasteiger partial charge in [0.2, 0.25) is 0 Å². The number of hydrogen-bond donors (Lipinski definition) is 0. The molecule has 0 bridgehead atoms. The van der Waals surface area contributed by atoms with Crippen LogP contribution in [0.4, 0.5) is 4.79 Å². The molecule has 1 aromatic carbocycles. The number of hydrogen-bond acceptors (Lipinski definition) is 2. The average molecular weight is 524 g/mol. The molecule has 4 heteroatoms. The molecule has 1 aliphatic heterocycles. The number of ether oxygens (including phenoxy) is 1. The molecule has 0 saturated carbocycles. The summed E-state index contributed by atoms with van der Waals surface area (Å²) in [5.41, 5.74) is 9.03. The maximum atomic E-state index is 12.5. The lowest BCUT2D eigenvalue weighted by Gasteiger charge is -2.32. The van der Waals surface area contributed by atoms with Crippen molar-refractivity contribution in [2.45, 2.75) is 142 Å². The molecular formula is C33H49NO2S. The van der Waals surface area contributed by atoms with Crippen LogP contribution >= 0.6 is 0 Å². The second-order valence-corrected chi connectivity index (χ2v) is 15.4. The molecule has 3 aliphatic rings. The third kappa shape index (κ3) is 4.60. The molecule has 1 amide bonds. The third-order valence-corrected chi connectivity index (χ3v) is 10.9. The summed E-state index contributed by atoms with van der Waals surface area (Å²) in [5, 5.41) is 4.32. The summed E-state index contributed by atoms with van der Waals surface area (Å²) in [4.78, 5) is 12.5. The fourth-order valence-corrected chi connectivity index (χ4v) is 9.10. The van der Waals surface area contributed by atoms with Gasteiger partial charge in [0, 0.05) is 0 Å². The van der Waals surface area contributed by atoms with Gasteiger partial charge in [0.1, 0.15) is 5.60 Å². The molecule has 0 aromatic heterocycles. The summed E-state index contributed by atoms with van der Waals surface area (Å²) in [6, 6.07) is 2.67. The summed E-state index contributed by atoms with van der Waals surface area (Å²) in [7, 11) is -0.603. The van der Waals surface area contributed by atoms with Gasteiger partial charge in [-0.15, -0.1) is 4.36 Å². The van der Waals surface area contributed by atoms with Crippen LogP contribution in [0.5, 0.6) is 0 Å². The zero-order valence-corrected chi connectivity index (χ0v) is 26.0. The van der Waals surface area contributed by atoms with Gasteiger partial charge >= 0.3 is 6.09 Å². The molecule has 0 N–H and O–H groups in total. The maximum Gasteiger partial charge on any atom is 0.440 e. The van der Waals surface area contributed by atoms with Crippen molar-refractivity contribution in [3.63, 3.8) is 0 Å². The normalized spacial score (nSPS) is 24.2. The lowest BCUT2D eigenvalue weighted by molar-refractivity contribution is 0.0608. The van der Waals surface area contributed by atoms with Gasteiger partial charge in [-0.05, 0) is 142 Å². The second kappa shape index (κ2) is 9.21. The number of fused-ring (bicyclic) bond motifs is 2. The molecule has 2 aliphatic carbocycles. The predicted octanol–water partition coefficient (Wildman–Crippen LogP) is 9.77. The van der Waals surface area contributed by atoms with Crippen LogP contribution in [0.2, 0.25) is 0 Å². The molecule has 0 spiro atoms. The molecule has 1 aromatic rings. The lowest BCUT2D eigenvalue weighted by Crippen LogP contribution is -2.25. The minimum atomic E-state index is -0.603. The van der Waals surface area contributed by atoms with Gasteiger partial charge in [-0.25, -0.2) is 4.79 Å². The quantitative estimate of drug-likeness (QED) is 0.385. The van der Waals surface area contributed by atoms with Crippen LogP contribution in [0.15, 0.2) is 27.3 Å². The van der Waals surface area contributed by atoms with Gasteiger partial charge in [0.05, 0.1) is 0 Å². The average Bonchev–Trinajstić information content (AvgIpc) is 3.42. The molecule has 0 radical (unpaired) electrons. The van der Waals surface area contributed by atoms with E-state index in [-0.39, 0.29) is 21.7 Å². The molecule has 0 saturated heterocycles. The topological polar surface area (TPSA) is 38.7 Å². The smallest absolute Gasteiger partial charge is 0.440 e. The van der Waals surface area contributed by atoms with E-state index in [0.717, 1.165) is 0 Å². The van der Waals surface area contributed by atoms with E-state index < -0.39 is 22.4 Å². The van der Waals surface area contributed by atoms with Crippen LogP contribution in [0.3, 0.4) is 0 Å². The van der Waals surface area contributed by atoms with E-state index in [4.69, 9.17) is 4.74 Å². The van der Waals surface area contributed by atoms with Crippen LogP contribution in [0.1, 0.15) is 143 Å². The Morgan fingerprint density at radius 2 is 1.35 bits per heavy atom. The highest BCUT2D eigenvalue weighted by molar-refractivity contribution is 7.93. The highest BCUT2D eigenvalue weighted by Crippen LogP contribution is 2.62. The van der Waals surface area contributed by atoms with Crippen molar-refractivity contribution in [2.24, 2.45) is 4.36 Å². The lowest BCUT2D eigenvalue weighted by atomic mass is 9.72. The number of nitrogens with zero attached hydrogens (tertiary/aromatic N) is 1. The fourth-order valence-electron chi connectivity index (χ4n) is 7.95.